The molecule has 0 radical (unpaired) electrons. The first-order valence-electron chi connectivity index (χ1n) is 8.29. The SMILES string of the molecule is C[S+](CC[C@H](N)C(=O)[O-])C[C@H]1OC(n2cnc3c(N)ncnc32)[C@H](O)[C@@H]1O. The third-order valence-electron chi connectivity index (χ3n) is 4.53. The number of fused-ring (bicyclic) bond motifs is 1. The zero-order valence-electron chi connectivity index (χ0n) is 14.6. The molecule has 1 saturated heterocycles. The van der Waals surface area contributed by atoms with Gasteiger partial charge in [0.2, 0.25) is 0 Å². The van der Waals surface area contributed by atoms with E-state index in [-0.39, 0.29) is 23.1 Å². The number of aromatic nitrogens is 4. The number of hydrogen-bond donors (Lipinski definition) is 4. The molecule has 1 aliphatic rings. The van der Waals surface area contributed by atoms with Crippen LogP contribution in [-0.4, -0.2) is 77.8 Å². The number of imidazole rings is 1. The van der Waals surface area contributed by atoms with Gasteiger partial charge in [-0.25, -0.2) is 15.0 Å². The van der Waals surface area contributed by atoms with Crippen molar-refractivity contribution in [2.45, 2.75) is 37.0 Å². The summed E-state index contributed by atoms with van der Waals surface area (Å²) in [6.45, 7) is 0. The Morgan fingerprint density at radius 3 is 2.85 bits per heavy atom. The molecular formula is C15H22N6O5S. The minimum absolute atomic E-state index is 0.211. The standard InChI is InChI=1S/C15H22N6O5S/c1-27(3-2-7(16)15(24)25)4-8-10(22)11(23)14(26-8)21-6-20-9-12(17)18-5-19-13(9)21/h5-8,10-11,14,22-23H,2-4,16H2,1H3,(H2-,17,18,19,24,25)/t7-,8+,10+,11+,14?,27?/m0/s1. The number of nitrogens with zero attached hydrogens (tertiary/aromatic N) is 4. The van der Waals surface area contributed by atoms with Crippen molar-refractivity contribution in [1.82, 2.24) is 19.5 Å². The fourth-order valence-corrected chi connectivity index (χ4v) is 4.62. The van der Waals surface area contributed by atoms with Crippen molar-refractivity contribution in [2.24, 2.45) is 5.73 Å². The van der Waals surface area contributed by atoms with Gasteiger partial charge in [0.1, 0.15) is 41.7 Å². The average molecular weight is 398 g/mol. The number of aliphatic hydroxyl groups is 2. The van der Waals surface area contributed by atoms with Gasteiger partial charge in [-0.15, -0.1) is 0 Å². The van der Waals surface area contributed by atoms with Gasteiger partial charge in [-0.2, -0.15) is 0 Å². The van der Waals surface area contributed by atoms with Crippen molar-refractivity contribution in [3.63, 3.8) is 0 Å². The highest BCUT2D eigenvalue weighted by atomic mass is 32.2. The van der Waals surface area contributed by atoms with Gasteiger partial charge in [0.05, 0.1) is 18.6 Å². The minimum atomic E-state index is -1.28. The molecule has 3 rings (SSSR count). The lowest BCUT2D eigenvalue weighted by Gasteiger charge is -2.16. The number of carboxylic acid groups (broad SMARTS) is 1. The predicted octanol–water partition coefficient (Wildman–Crippen LogP) is -3.26. The van der Waals surface area contributed by atoms with Gasteiger partial charge in [0.15, 0.2) is 17.7 Å². The van der Waals surface area contributed by atoms with Crippen molar-refractivity contribution < 1.29 is 24.9 Å². The third kappa shape index (κ3) is 3.99. The number of rotatable bonds is 7. The Hall–Kier alpha value is -1.99. The number of nitrogens with two attached hydrogens (primary N) is 2. The summed E-state index contributed by atoms with van der Waals surface area (Å²) < 4.78 is 7.39. The van der Waals surface area contributed by atoms with Crippen molar-refractivity contribution in [2.75, 3.05) is 23.5 Å². The van der Waals surface area contributed by atoms with E-state index in [1.807, 2.05) is 6.26 Å². The van der Waals surface area contributed by atoms with Gasteiger partial charge in [0.25, 0.3) is 0 Å². The molecule has 11 nitrogen and oxygen atoms in total. The molecule has 0 saturated carbocycles. The molecule has 12 heteroatoms. The number of anilines is 1. The Kier molecular flexibility index (Phi) is 5.81. The van der Waals surface area contributed by atoms with Crippen LogP contribution in [0.5, 0.6) is 0 Å². The van der Waals surface area contributed by atoms with Crippen molar-refractivity contribution in [3.8, 4) is 0 Å². The minimum Gasteiger partial charge on any atom is -0.548 e. The summed E-state index contributed by atoms with van der Waals surface area (Å²) in [7, 11) is -0.263. The zero-order valence-corrected chi connectivity index (χ0v) is 15.5. The molecule has 148 valence electrons. The summed E-state index contributed by atoms with van der Waals surface area (Å²) in [5.41, 5.74) is 12.0. The quantitative estimate of drug-likeness (QED) is 0.345. The maximum Gasteiger partial charge on any atom is 0.167 e. The zero-order chi connectivity index (χ0) is 19.7. The molecule has 2 unspecified atom stereocenters. The number of aliphatic carboxylic acids is 1. The van der Waals surface area contributed by atoms with E-state index in [9.17, 15) is 20.1 Å². The lowest BCUT2D eigenvalue weighted by molar-refractivity contribution is -0.307. The lowest BCUT2D eigenvalue weighted by Crippen LogP contribution is -2.43. The average Bonchev–Trinajstić information content (AvgIpc) is 3.17. The number of carboxylic acids is 1. The summed E-state index contributed by atoms with van der Waals surface area (Å²) >= 11 is 0. The number of carbonyl (C=O) groups is 1. The van der Waals surface area contributed by atoms with Crippen LogP contribution in [0.15, 0.2) is 12.7 Å². The molecule has 1 fully saturated rings. The lowest BCUT2D eigenvalue weighted by atomic mass is 10.1. The number of aliphatic hydroxyl groups excluding tert-OH is 2. The van der Waals surface area contributed by atoms with Crippen LogP contribution in [0.1, 0.15) is 12.6 Å². The highest BCUT2D eigenvalue weighted by molar-refractivity contribution is 7.96. The maximum absolute atomic E-state index is 10.7. The Morgan fingerprint density at radius 1 is 1.41 bits per heavy atom. The fourth-order valence-electron chi connectivity index (χ4n) is 2.96. The second-order valence-electron chi connectivity index (χ2n) is 6.50. The smallest absolute Gasteiger partial charge is 0.167 e. The molecule has 0 spiro atoms. The molecule has 2 aromatic heterocycles. The first-order chi connectivity index (χ1) is 12.8. The molecule has 6 atom stereocenters. The molecule has 6 N–H and O–H groups in total. The van der Waals surface area contributed by atoms with E-state index in [0.29, 0.717) is 22.7 Å². The van der Waals surface area contributed by atoms with Crippen LogP contribution in [0.25, 0.3) is 11.2 Å². The molecule has 1 aliphatic heterocycles. The Balaban J connectivity index is 1.68. The summed E-state index contributed by atoms with van der Waals surface area (Å²) in [5.74, 6) is -0.0611. The van der Waals surface area contributed by atoms with E-state index < -0.39 is 36.6 Å². The summed E-state index contributed by atoms with van der Waals surface area (Å²) in [4.78, 5) is 22.8. The van der Waals surface area contributed by atoms with Gasteiger partial charge >= 0.3 is 0 Å². The number of carbonyl (C=O) groups excluding carboxylic acids is 1. The van der Waals surface area contributed by atoms with Crippen LogP contribution in [0.3, 0.4) is 0 Å². The Morgan fingerprint density at radius 2 is 2.15 bits per heavy atom. The Bertz CT molecular complexity index is 819. The normalized spacial score (nSPS) is 27.7. The molecular weight excluding hydrogens is 376 g/mol. The summed E-state index contributed by atoms with van der Waals surface area (Å²) in [6.07, 6.45) is 1.17. The second kappa shape index (κ2) is 7.94. The van der Waals surface area contributed by atoms with E-state index in [2.05, 4.69) is 15.0 Å². The molecule has 0 bridgehead atoms. The van der Waals surface area contributed by atoms with Crippen LogP contribution in [0.4, 0.5) is 5.82 Å². The van der Waals surface area contributed by atoms with Gasteiger partial charge in [-0.1, -0.05) is 0 Å². The highest BCUT2D eigenvalue weighted by Gasteiger charge is 2.46. The van der Waals surface area contributed by atoms with E-state index in [1.54, 1.807) is 0 Å². The Labute approximate surface area is 157 Å². The van der Waals surface area contributed by atoms with Crippen LogP contribution in [0.2, 0.25) is 0 Å². The van der Waals surface area contributed by atoms with E-state index in [1.165, 1.54) is 17.2 Å². The topological polar surface area (TPSA) is 185 Å². The number of nitrogen functional groups attached to an aromatic ring is 1. The van der Waals surface area contributed by atoms with E-state index in [4.69, 9.17) is 16.2 Å². The van der Waals surface area contributed by atoms with Gasteiger partial charge in [-0.3, -0.25) is 4.57 Å². The van der Waals surface area contributed by atoms with Crippen LogP contribution in [-0.2, 0) is 20.4 Å². The monoisotopic (exact) mass is 398 g/mol. The van der Waals surface area contributed by atoms with Gasteiger partial charge < -0.3 is 36.3 Å². The first-order valence-corrected chi connectivity index (χ1v) is 10.3. The highest BCUT2D eigenvalue weighted by Crippen LogP contribution is 2.32. The fraction of sp³-hybridized carbons (Fsp3) is 0.600. The molecule has 0 aliphatic carbocycles. The van der Waals surface area contributed by atoms with Crippen molar-refractivity contribution in [1.29, 1.82) is 0 Å². The second-order valence-corrected chi connectivity index (χ2v) is 8.80. The van der Waals surface area contributed by atoms with Crippen LogP contribution < -0.4 is 16.6 Å². The van der Waals surface area contributed by atoms with Crippen molar-refractivity contribution >= 4 is 33.8 Å². The number of ether oxygens (including phenoxy) is 1. The number of hydrogen-bond acceptors (Lipinski definition) is 10. The first kappa shape index (κ1) is 19.8. The molecule has 3 heterocycles. The maximum atomic E-state index is 10.7. The van der Waals surface area contributed by atoms with Gasteiger partial charge in [0, 0.05) is 12.5 Å². The molecule has 0 aromatic carbocycles. The third-order valence-corrected chi connectivity index (χ3v) is 6.36. The predicted molar refractivity (Wildman–Crippen MR) is 96.3 cm³/mol. The van der Waals surface area contributed by atoms with Gasteiger partial charge in [-0.05, 0) is 10.9 Å². The van der Waals surface area contributed by atoms with Crippen LogP contribution in [0, 0.1) is 0 Å². The largest absolute Gasteiger partial charge is 0.548 e. The van der Waals surface area contributed by atoms with Crippen molar-refractivity contribution in [3.05, 3.63) is 12.7 Å². The molecule has 27 heavy (non-hydrogen) atoms. The summed E-state index contributed by atoms with van der Waals surface area (Å²) in [6, 6.07) is -1.02. The van der Waals surface area contributed by atoms with E-state index in [0.717, 1.165) is 0 Å². The summed E-state index contributed by atoms with van der Waals surface area (Å²) in [5, 5.41) is 31.5. The molecule has 0 amide bonds. The molecule has 2 aromatic rings. The van der Waals surface area contributed by atoms with E-state index >= 15 is 0 Å². The van der Waals surface area contributed by atoms with Crippen LogP contribution >= 0.6 is 0 Å².